The van der Waals surface area contributed by atoms with Gasteiger partial charge in [-0.05, 0) is 42.5 Å². The molecular weight excluding hydrogens is 174 g/mol. The first-order valence-corrected chi connectivity index (χ1v) is 5.19. The van der Waals surface area contributed by atoms with Crippen molar-refractivity contribution >= 4 is 0 Å². The van der Waals surface area contributed by atoms with Gasteiger partial charge in [0.25, 0.3) is 0 Å². The molecule has 1 aromatic carbocycles. The van der Waals surface area contributed by atoms with E-state index in [4.69, 9.17) is 10.5 Å². The predicted octanol–water partition coefficient (Wildman–Crippen LogP) is 1.61. The average Bonchev–Trinajstić information content (AvgIpc) is 2.71. The van der Waals surface area contributed by atoms with E-state index in [1.165, 1.54) is 24.0 Å². The van der Waals surface area contributed by atoms with Gasteiger partial charge in [-0.3, -0.25) is 0 Å². The quantitative estimate of drug-likeness (QED) is 0.728. The van der Waals surface area contributed by atoms with Gasteiger partial charge >= 0.3 is 0 Å². The maximum Gasteiger partial charge on any atom is 0.119 e. The third kappa shape index (κ3) is 0.894. The fraction of sp³-hybridized carbons (Fsp3) is 0.500. The monoisotopic (exact) mass is 189 g/mol. The Morgan fingerprint density at radius 3 is 2.93 bits per heavy atom. The van der Waals surface area contributed by atoms with E-state index in [2.05, 4.69) is 12.1 Å². The predicted molar refractivity (Wildman–Crippen MR) is 55.6 cm³/mol. The van der Waals surface area contributed by atoms with Crippen molar-refractivity contribution < 1.29 is 4.74 Å². The van der Waals surface area contributed by atoms with E-state index in [0.29, 0.717) is 11.5 Å². The molecule has 0 saturated heterocycles. The average molecular weight is 189 g/mol. The summed E-state index contributed by atoms with van der Waals surface area (Å²) < 4.78 is 5.25. The van der Waals surface area contributed by atoms with E-state index in [1.54, 1.807) is 7.11 Å². The summed E-state index contributed by atoms with van der Waals surface area (Å²) in [6.07, 6.45) is 3.58. The van der Waals surface area contributed by atoms with Crippen molar-refractivity contribution in [3.8, 4) is 5.75 Å². The van der Waals surface area contributed by atoms with Crippen LogP contribution in [0.1, 0.15) is 24.0 Å². The van der Waals surface area contributed by atoms with Crippen LogP contribution in [-0.4, -0.2) is 13.2 Å². The van der Waals surface area contributed by atoms with E-state index in [0.717, 1.165) is 12.2 Å². The van der Waals surface area contributed by atoms with Crippen molar-refractivity contribution in [3.63, 3.8) is 0 Å². The molecule has 0 aliphatic heterocycles. The Labute approximate surface area is 84.1 Å². The fourth-order valence-corrected chi connectivity index (χ4v) is 2.79. The Bertz CT molecular complexity index is 388. The van der Waals surface area contributed by atoms with Crippen LogP contribution in [0.25, 0.3) is 0 Å². The molecule has 0 radical (unpaired) electrons. The Morgan fingerprint density at radius 1 is 1.50 bits per heavy atom. The molecule has 2 nitrogen and oxygen atoms in total. The maximum atomic E-state index is 6.03. The topological polar surface area (TPSA) is 35.2 Å². The number of rotatable bonds is 1. The normalized spacial score (nSPS) is 33.1. The van der Waals surface area contributed by atoms with Gasteiger partial charge in [0.15, 0.2) is 0 Å². The standard InChI is InChI=1S/C12H15NO/c1-14-9-3-2-8-4-5-12(7-11(12)13)10(8)6-9/h2-3,6,11H,4-5,7,13H2,1H3/t11-,12+/m1/s1. The van der Waals surface area contributed by atoms with Crippen LogP contribution in [0.4, 0.5) is 0 Å². The van der Waals surface area contributed by atoms with Gasteiger partial charge in [0, 0.05) is 11.5 Å². The smallest absolute Gasteiger partial charge is 0.119 e. The Kier molecular flexibility index (Phi) is 1.49. The van der Waals surface area contributed by atoms with E-state index >= 15 is 0 Å². The van der Waals surface area contributed by atoms with Crippen LogP contribution in [0.15, 0.2) is 18.2 Å². The molecule has 2 aliphatic rings. The van der Waals surface area contributed by atoms with Crippen LogP contribution in [0.5, 0.6) is 5.75 Å². The number of hydrogen-bond donors (Lipinski definition) is 1. The molecule has 2 heteroatoms. The highest BCUT2D eigenvalue weighted by molar-refractivity contribution is 5.49. The number of aryl methyl sites for hydroxylation is 1. The lowest BCUT2D eigenvalue weighted by Crippen LogP contribution is -2.15. The Morgan fingerprint density at radius 2 is 2.29 bits per heavy atom. The van der Waals surface area contributed by atoms with Gasteiger partial charge in [-0.1, -0.05) is 6.07 Å². The van der Waals surface area contributed by atoms with E-state index in [1.807, 2.05) is 6.07 Å². The molecule has 1 fully saturated rings. The molecule has 0 aromatic heterocycles. The van der Waals surface area contributed by atoms with Crippen LogP contribution in [0.2, 0.25) is 0 Å². The molecule has 0 unspecified atom stereocenters. The second kappa shape index (κ2) is 2.51. The number of methoxy groups -OCH3 is 1. The molecule has 1 spiro atoms. The van der Waals surface area contributed by atoms with Gasteiger partial charge in [-0.25, -0.2) is 0 Å². The van der Waals surface area contributed by atoms with Crippen molar-refractivity contribution in [2.24, 2.45) is 5.73 Å². The number of hydrogen-bond acceptors (Lipinski definition) is 2. The summed E-state index contributed by atoms with van der Waals surface area (Å²) in [6.45, 7) is 0. The number of ether oxygens (including phenoxy) is 1. The highest BCUT2D eigenvalue weighted by Gasteiger charge is 2.56. The first-order chi connectivity index (χ1) is 6.76. The van der Waals surface area contributed by atoms with Crippen molar-refractivity contribution in [1.82, 2.24) is 0 Å². The molecule has 0 heterocycles. The summed E-state index contributed by atoms with van der Waals surface area (Å²) in [4.78, 5) is 0. The van der Waals surface area contributed by atoms with Crippen molar-refractivity contribution in [2.75, 3.05) is 7.11 Å². The Hall–Kier alpha value is -1.02. The summed E-state index contributed by atoms with van der Waals surface area (Å²) in [6, 6.07) is 6.80. The molecule has 74 valence electrons. The number of fused-ring (bicyclic) bond motifs is 2. The SMILES string of the molecule is COc1ccc2c(c1)[C@]1(CC2)C[C@H]1N. The summed E-state index contributed by atoms with van der Waals surface area (Å²) in [7, 11) is 1.72. The second-order valence-electron chi connectivity index (χ2n) is 4.49. The lowest BCUT2D eigenvalue weighted by atomic mass is 9.97. The lowest BCUT2D eigenvalue weighted by molar-refractivity contribution is 0.413. The third-order valence-corrected chi connectivity index (χ3v) is 3.83. The number of nitrogens with two attached hydrogens (primary N) is 1. The molecule has 1 aromatic rings. The molecular formula is C12H15NO. The minimum absolute atomic E-state index is 0.323. The van der Waals surface area contributed by atoms with E-state index < -0.39 is 0 Å². The van der Waals surface area contributed by atoms with Gasteiger partial charge in [0.1, 0.15) is 5.75 Å². The van der Waals surface area contributed by atoms with Gasteiger partial charge in [0.05, 0.1) is 7.11 Å². The molecule has 3 rings (SSSR count). The lowest BCUT2D eigenvalue weighted by Gasteiger charge is -2.10. The molecule has 0 bridgehead atoms. The zero-order valence-electron chi connectivity index (χ0n) is 8.42. The maximum absolute atomic E-state index is 6.03. The van der Waals surface area contributed by atoms with Crippen LogP contribution < -0.4 is 10.5 Å². The van der Waals surface area contributed by atoms with Gasteiger partial charge < -0.3 is 10.5 Å². The fourth-order valence-electron chi connectivity index (χ4n) is 2.79. The van der Waals surface area contributed by atoms with Crippen molar-refractivity contribution in [3.05, 3.63) is 29.3 Å². The summed E-state index contributed by atoms with van der Waals surface area (Å²) in [5.74, 6) is 0.962. The first-order valence-electron chi connectivity index (χ1n) is 5.19. The summed E-state index contributed by atoms with van der Waals surface area (Å²) in [5.41, 5.74) is 9.27. The first kappa shape index (κ1) is 8.30. The van der Waals surface area contributed by atoms with E-state index in [9.17, 15) is 0 Å². The minimum atomic E-state index is 0.323. The van der Waals surface area contributed by atoms with Crippen LogP contribution in [0.3, 0.4) is 0 Å². The van der Waals surface area contributed by atoms with Gasteiger partial charge in [0.2, 0.25) is 0 Å². The van der Waals surface area contributed by atoms with Crippen LogP contribution in [0, 0.1) is 0 Å². The molecule has 2 atom stereocenters. The van der Waals surface area contributed by atoms with Crippen molar-refractivity contribution in [1.29, 1.82) is 0 Å². The summed E-state index contributed by atoms with van der Waals surface area (Å²) >= 11 is 0. The third-order valence-electron chi connectivity index (χ3n) is 3.83. The molecule has 0 amide bonds. The number of benzene rings is 1. The molecule has 2 N–H and O–H groups in total. The zero-order chi connectivity index (χ0) is 9.76. The highest BCUT2D eigenvalue weighted by Crippen LogP contribution is 2.56. The zero-order valence-corrected chi connectivity index (χ0v) is 8.42. The molecule has 14 heavy (non-hydrogen) atoms. The largest absolute Gasteiger partial charge is 0.497 e. The second-order valence-corrected chi connectivity index (χ2v) is 4.49. The molecule has 2 aliphatic carbocycles. The minimum Gasteiger partial charge on any atom is -0.497 e. The Balaban J connectivity index is 2.09. The highest BCUT2D eigenvalue weighted by atomic mass is 16.5. The van der Waals surface area contributed by atoms with Gasteiger partial charge in [-0.2, -0.15) is 0 Å². The van der Waals surface area contributed by atoms with Crippen LogP contribution in [-0.2, 0) is 11.8 Å². The van der Waals surface area contributed by atoms with E-state index in [-0.39, 0.29) is 0 Å². The summed E-state index contributed by atoms with van der Waals surface area (Å²) in [5, 5.41) is 0. The van der Waals surface area contributed by atoms with Crippen molar-refractivity contribution in [2.45, 2.75) is 30.7 Å². The van der Waals surface area contributed by atoms with Gasteiger partial charge in [-0.15, -0.1) is 0 Å². The molecule has 1 saturated carbocycles. The van der Waals surface area contributed by atoms with Crippen LogP contribution >= 0.6 is 0 Å².